The van der Waals surface area contributed by atoms with Crippen molar-refractivity contribution < 1.29 is 14.7 Å². The van der Waals surface area contributed by atoms with E-state index in [0.29, 0.717) is 5.13 Å². The molecule has 0 saturated carbocycles. The third-order valence-corrected chi connectivity index (χ3v) is 3.27. The molecule has 1 rings (SSSR count). The minimum absolute atomic E-state index is 0.0785. The molecule has 1 heterocycles. The number of nitrogens with two attached hydrogens (primary N) is 1. The second-order valence-corrected chi connectivity index (χ2v) is 6.17. The molecule has 0 saturated heterocycles. The van der Waals surface area contributed by atoms with Crippen LogP contribution in [0.15, 0.2) is 5.38 Å². The summed E-state index contributed by atoms with van der Waals surface area (Å²) >= 11 is 1.33. The first-order valence-electron chi connectivity index (χ1n) is 5.94. The number of nitrogens with zero attached hydrogens (tertiary/aromatic N) is 1. The monoisotopic (exact) mass is 285 g/mol. The SMILES string of the molecule is CC(C)(C)c1csc(NC(=O)C(N)CCC(=O)O)n1. The summed E-state index contributed by atoms with van der Waals surface area (Å²) in [5, 5.41) is 13.5. The summed E-state index contributed by atoms with van der Waals surface area (Å²) in [4.78, 5) is 26.4. The standard InChI is InChI=1S/C12H19N3O3S/c1-12(2,3)8-6-19-11(14-8)15-10(18)7(13)4-5-9(16)17/h6-7H,4-5,13H2,1-3H3,(H,16,17)(H,14,15,18). The Kier molecular flexibility index (Phi) is 5.02. The number of carbonyl (C=O) groups is 2. The predicted octanol–water partition coefficient (Wildman–Crippen LogP) is 1.57. The van der Waals surface area contributed by atoms with E-state index in [4.69, 9.17) is 10.8 Å². The highest BCUT2D eigenvalue weighted by atomic mass is 32.1. The van der Waals surface area contributed by atoms with E-state index in [1.807, 2.05) is 26.2 Å². The van der Waals surface area contributed by atoms with Crippen LogP contribution in [-0.4, -0.2) is 28.0 Å². The largest absolute Gasteiger partial charge is 0.481 e. The van der Waals surface area contributed by atoms with Gasteiger partial charge in [-0.2, -0.15) is 0 Å². The van der Waals surface area contributed by atoms with Gasteiger partial charge in [-0.3, -0.25) is 9.59 Å². The lowest BCUT2D eigenvalue weighted by atomic mass is 9.93. The molecule has 0 bridgehead atoms. The Hall–Kier alpha value is -1.47. The number of hydrogen-bond acceptors (Lipinski definition) is 5. The maximum atomic E-state index is 11.7. The summed E-state index contributed by atoms with van der Waals surface area (Å²) in [5.74, 6) is -1.37. The number of carbonyl (C=O) groups excluding carboxylic acids is 1. The number of nitrogens with one attached hydrogen (secondary N) is 1. The summed E-state index contributed by atoms with van der Waals surface area (Å²) in [7, 11) is 0. The van der Waals surface area contributed by atoms with E-state index in [0.717, 1.165) is 5.69 Å². The number of carboxylic acid groups (broad SMARTS) is 1. The van der Waals surface area contributed by atoms with Crippen LogP contribution < -0.4 is 11.1 Å². The fourth-order valence-electron chi connectivity index (χ4n) is 1.28. The second kappa shape index (κ2) is 6.12. The molecule has 4 N–H and O–H groups in total. The maximum absolute atomic E-state index is 11.7. The van der Waals surface area contributed by atoms with E-state index in [-0.39, 0.29) is 18.3 Å². The molecule has 1 unspecified atom stereocenters. The summed E-state index contributed by atoms with van der Waals surface area (Å²) < 4.78 is 0. The van der Waals surface area contributed by atoms with E-state index in [1.54, 1.807) is 0 Å². The van der Waals surface area contributed by atoms with Gasteiger partial charge in [-0.15, -0.1) is 11.3 Å². The lowest BCUT2D eigenvalue weighted by molar-refractivity contribution is -0.137. The fraction of sp³-hybridized carbons (Fsp3) is 0.583. The number of hydrogen-bond donors (Lipinski definition) is 3. The van der Waals surface area contributed by atoms with Crippen molar-refractivity contribution in [2.45, 2.75) is 45.1 Å². The van der Waals surface area contributed by atoms with Gasteiger partial charge in [0.2, 0.25) is 5.91 Å². The van der Waals surface area contributed by atoms with Crippen LogP contribution in [0.25, 0.3) is 0 Å². The molecular formula is C12H19N3O3S. The Labute approximate surface area is 116 Å². The highest BCUT2D eigenvalue weighted by Crippen LogP contribution is 2.26. The number of aromatic nitrogens is 1. The van der Waals surface area contributed by atoms with Gasteiger partial charge in [0, 0.05) is 17.2 Å². The third-order valence-electron chi connectivity index (χ3n) is 2.51. The Bertz CT molecular complexity index is 465. The zero-order valence-electron chi connectivity index (χ0n) is 11.3. The molecule has 1 atom stereocenters. The smallest absolute Gasteiger partial charge is 0.303 e. The summed E-state index contributed by atoms with van der Waals surface area (Å²) in [6.07, 6.45) is -0.0155. The average Bonchev–Trinajstić information content (AvgIpc) is 2.73. The van der Waals surface area contributed by atoms with Crippen LogP contribution in [0.4, 0.5) is 5.13 Å². The normalized spacial score (nSPS) is 13.1. The van der Waals surface area contributed by atoms with Crippen molar-refractivity contribution in [1.82, 2.24) is 4.98 Å². The van der Waals surface area contributed by atoms with Crippen molar-refractivity contribution in [2.75, 3.05) is 5.32 Å². The molecule has 6 nitrogen and oxygen atoms in total. The van der Waals surface area contributed by atoms with Crippen molar-refractivity contribution in [3.8, 4) is 0 Å². The van der Waals surface area contributed by atoms with Crippen LogP contribution in [0.1, 0.15) is 39.3 Å². The van der Waals surface area contributed by atoms with Crippen LogP contribution in [0.5, 0.6) is 0 Å². The van der Waals surface area contributed by atoms with Gasteiger partial charge in [0.05, 0.1) is 11.7 Å². The van der Waals surface area contributed by atoms with Crippen molar-refractivity contribution in [1.29, 1.82) is 0 Å². The molecule has 1 aromatic rings. The number of aliphatic carboxylic acids is 1. The lowest BCUT2D eigenvalue weighted by Crippen LogP contribution is -2.36. The van der Waals surface area contributed by atoms with Gasteiger partial charge >= 0.3 is 5.97 Å². The molecule has 0 aliphatic rings. The molecule has 106 valence electrons. The highest BCUT2D eigenvalue weighted by molar-refractivity contribution is 7.13. The minimum Gasteiger partial charge on any atom is -0.481 e. The molecule has 0 aliphatic carbocycles. The van der Waals surface area contributed by atoms with E-state index in [1.165, 1.54) is 11.3 Å². The van der Waals surface area contributed by atoms with Gasteiger partial charge in [-0.25, -0.2) is 4.98 Å². The van der Waals surface area contributed by atoms with Crippen molar-refractivity contribution in [3.05, 3.63) is 11.1 Å². The second-order valence-electron chi connectivity index (χ2n) is 5.32. The average molecular weight is 285 g/mol. The van der Waals surface area contributed by atoms with Crippen molar-refractivity contribution in [3.63, 3.8) is 0 Å². The quantitative estimate of drug-likeness (QED) is 0.761. The van der Waals surface area contributed by atoms with Crippen molar-refractivity contribution >= 4 is 28.3 Å². The van der Waals surface area contributed by atoms with Gasteiger partial charge in [0.1, 0.15) is 0 Å². The van der Waals surface area contributed by atoms with Crippen molar-refractivity contribution in [2.24, 2.45) is 5.73 Å². The highest BCUT2D eigenvalue weighted by Gasteiger charge is 2.20. The first kappa shape index (κ1) is 15.6. The number of thiazole rings is 1. The molecule has 0 radical (unpaired) electrons. The van der Waals surface area contributed by atoms with Crippen LogP contribution in [0.2, 0.25) is 0 Å². The number of anilines is 1. The Morgan fingerprint density at radius 2 is 2.16 bits per heavy atom. The van der Waals surface area contributed by atoms with E-state index in [2.05, 4.69) is 10.3 Å². The van der Waals surface area contributed by atoms with Crippen LogP contribution in [0, 0.1) is 0 Å². The molecular weight excluding hydrogens is 266 g/mol. The molecule has 0 fully saturated rings. The molecule has 0 spiro atoms. The molecule has 0 aromatic carbocycles. The van der Waals surface area contributed by atoms with Crippen LogP contribution >= 0.6 is 11.3 Å². The van der Waals surface area contributed by atoms with Gasteiger partial charge in [0.25, 0.3) is 0 Å². The summed E-state index contributed by atoms with van der Waals surface area (Å²) in [6, 6.07) is -0.835. The van der Waals surface area contributed by atoms with Gasteiger partial charge < -0.3 is 16.2 Å². The zero-order valence-corrected chi connectivity index (χ0v) is 12.1. The van der Waals surface area contributed by atoms with E-state index < -0.39 is 17.9 Å². The molecule has 1 amide bonds. The summed E-state index contributed by atoms with van der Waals surface area (Å²) in [5.41, 5.74) is 6.42. The maximum Gasteiger partial charge on any atom is 0.303 e. The first-order valence-corrected chi connectivity index (χ1v) is 6.82. The zero-order chi connectivity index (χ0) is 14.6. The first-order chi connectivity index (χ1) is 8.70. The molecule has 1 aromatic heterocycles. The lowest BCUT2D eigenvalue weighted by Gasteiger charge is -2.14. The van der Waals surface area contributed by atoms with Gasteiger partial charge in [-0.05, 0) is 6.42 Å². The summed E-state index contributed by atoms with van der Waals surface area (Å²) in [6.45, 7) is 6.10. The number of carboxylic acids is 1. The fourth-order valence-corrected chi connectivity index (χ4v) is 2.22. The third kappa shape index (κ3) is 4.96. The Balaban J connectivity index is 2.57. The topological polar surface area (TPSA) is 105 Å². The molecule has 19 heavy (non-hydrogen) atoms. The van der Waals surface area contributed by atoms with Crippen LogP contribution in [0.3, 0.4) is 0 Å². The number of rotatable bonds is 5. The van der Waals surface area contributed by atoms with E-state index in [9.17, 15) is 9.59 Å². The molecule has 0 aliphatic heterocycles. The van der Waals surface area contributed by atoms with Gasteiger partial charge in [0.15, 0.2) is 5.13 Å². The van der Waals surface area contributed by atoms with Crippen LogP contribution in [-0.2, 0) is 15.0 Å². The Morgan fingerprint density at radius 3 is 2.63 bits per heavy atom. The van der Waals surface area contributed by atoms with Gasteiger partial charge in [-0.1, -0.05) is 20.8 Å². The minimum atomic E-state index is -0.965. The Morgan fingerprint density at radius 1 is 1.53 bits per heavy atom. The number of amides is 1. The predicted molar refractivity (Wildman–Crippen MR) is 74.3 cm³/mol. The van der Waals surface area contributed by atoms with E-state index >= 15 is 0 Å². The molecule has 7 heteroatoms.